The zero-order chi connectivity index (χ0) is 4.50. The van der Waals surface area contributed by atoms with E-state index in [0.29, 0.717) is 0 Å². The van der Waals surface area contributed by atoms with Gasteiger partial charge in [-0.2, -0.15) is 0 Å². The van der Waals surface area contributed by atoms with Crippen LogP contribution in [0.1, 0.15) is 0 Å². The van der Waals surface area contributed by atoms with Crippen molar-refractivity contribution >= 4 is 27.8 Å². The molecule has 2 radical (unpaired) electrons. The van der Waals surface area contributed by atoms with Gasteiger partial charge in [0.15, 0.2) is 0 Å². The average molecular weight is 130 g/mol. The number of rotatable bonds is 0. The Morgan fingerprint density at radius 2 is 1.60 bits per heavy atom. The first kappa shape index (κ1) is 5.67. The fraction of sp³-hybridized carbons (Fsp3) is 0. The summed E-state index contributed by atoms with van der Waals surface area (Å²) in [5.41, 5.74) is 0. The van der Waals surface area contributed by atoms with E-state index < -0.39 is 8.67 Å². The van der Waals surface area contributed by atoms with E-state index in [4.69, 9.17) is 0 Å². The molecule has 5 heavy (non-hydrogen) atoms. The summed E-state index contributed by atoms with van der Waals surface area (Å²) in [5.74, 6) is 0. The van der Waals surface area contributed by atoms with Crippen molar-refractivity contribution in [3.63, 3.8) is 0 Å². The minimum absolute atomic E-state index is 2.86. The molecule has 0 heterocycles. The lowest BCUT2D eigenvalue weighted by Gasteiger charge is -1.62. The quantitative estimate of drug-likeness (QED) is 0.360. The monoisotopic (exact) mass is 130 g/mol. The molecule has 0 amide bonds. The van der Waals surface area contributed by atoms with Crippen LogP contribution in [0, 0.1) is 0 Å². The van der Waals surface area contributed by atoms with Gasteiger partial charge in [0, 0.05) is 10.7 Å². The van der Waals surface area contributed by atoms with Gasteiger partial charge in [-0.25, -0.2) is 8.42 Å². The van der Waals surface area contributed by atoms with Crippen LogP contribution in [0.25, 0.3) is 0 Å². The number of hydrogen-bond acceptors (Lipinski definition) is 2. The molecule has 30 valence electrons. The SMILES string of the molecule is O=S(=O)([P])Cl. The summed E-state index contributed by atoms with van der Waals surface area (Å²) in [4.78, 5) is 0. The molecule has 0 bridgehead atoms. The maximum absolute atomic E-state index is 9.26. The minimum Gasteiger partial charge on any atom is -0.207 e. The first-order valence-electron chi connectivity index (χ1n) is 0.670. The van der Waals surface area contributed by atoms with Gasteiger partial charge in [0.25, 0.3) is 8.67 Å². The standard InChI is InChI=1S/ClO2PS/c1-5(2,3)4. The number of halogens is 1. The lowest BCUT2D eigenvalue weighted by molar-refractivity contribution is 0.622. The Morgan fingerprint density at radius 1 is 1.60 bits per heavy atom. The van der Waals surface area contributed by atoms with Crippen molar-refractivity contribution in [2.45, 2.75) is 0 Å². The van der Waals surface area contributed by atoms with Crippen LogP contribution in [0.4, 0.5) is 0 Å². The van der Waals surface area contributed by atoms with Crippen molar-refractivity contribution in [3.8, 4) is 0 Å². The minimum atomic E-state index is -3.50. The highest BCUT2D eigenvalue weighted by atomic mass is 35.7. The van der Waals surface area contributed by atoms with Gasteiger partial charge in [-0.15, -0.1) is 0 Å². The average Bonchev–Trinajstić information content (AvgIpc) is 0.722. The summed E-state index contributed by atoms with van der Waals surface area (Å²) >= 11 is 0. The van der Waals surface area contributed by atoms with Gasteiger partial charge in [0.2, 0.25) is 0 Å². The Morgan fingerprint density at radius 3 is 1.60 bits per heavy atom. The summed E-state index contributed by atoms with van der Waals surface area (Å²) in [6, 6.07) is 0. The molecular formula is ClO2PS. The highest BCUT2D eigenvalue weighted by Crippen LogP contribution is 2.03. The molecule has 0 rings (SSSR count). The molecule has 0 aliphatic heterocycles. The van der Waals surface area contributed by atoms with Crippen molar-refractivity contribution in [2.24, 2.45) is 0 Å². The molecule has 0 N–H and O–H groups in total. The molecular weight excluding hydrogens is 130 g/mol. The van der Waals surface area contributed by atoms with Gasteiger partial charge in [-0.3, -0.25) is 0 Å². The lowest BCUT2D eigenvalue weighted by atomic mass is 15.9. The molecule has 0 aliphatic carbocycles. The third-order valence-corrected chi connectivity index (χ3v) is 0. The van der Waals surface area contributed by atoms with Crippen LogP contribution >= 0.6 is 19.1 Å². The molecule has 0 spiro atoms. The van der Waals surface area contributed by atoms with Crippen LogP contribution in [0.2, 0.25) is 0 Å². The summed E-state index contributed by atoms with van der Waals surface area (Å²) in [5, 5.41) is 0. The molecule has 5 heteroatoms. The first-order valence-corrected chi connectivity index (χ1v) is 4.03. The third-order valence-electron chi connectivity index (χ3n) is 0. The second kappa shape index (κ2) is 1.41. The molecule has 0 aliphatic rings. The summed E-state index contributed by atoms with van der Waals surface area (Å²) < 4.78 is 18.5. The summed E-state index contributed by atoms with van der Waals surface area (Å²) in [6.45, 7) is 0. The van der Waals surface area contributed by atoms with Crippen molar-refractivity contribution in [1.29, 1.82) is 0 Å². The van der Waals surface area contributed by atoms with Crippen LogP contribution in [-0.2, 0) is 8.67 Å². The lowest BCUT2D eigenvalue weighted by Crippen LogP contribution is -1.62. The van der Waals surface area contributed by atoms with E-state index in [0.717, 1.165) is 0 Å². The molecule has 0 fully saturated rings. The van der Waals surface area contributed by atoms with Gasteiger partial charge < -0.3 is 0 Å². The maximum Gasteiger partial charge on any atom is 0.259 e. The van der Waals surface area contributed by atoms with Crippen LogP contribution in [0.15, 0.2) is 0 Å². The Bertz CT molecular complexity index is 92.8. The van der Waals surface area contributed by atoms with Gasteiger partial charge in [0.05, 0.1) is 0 Å². The van der Waals surface area contributed by atoms with Crippen molar-refractivity contribution in [2.75, 3.05) is 0 Å². The van der Waals surface area contributed by atoms with Crippen molar-refractivity contribution in [3.05, 3.63) is 0 Å². The topological polar surface area (TPSA) is 34.1 Å². The molecule has 0 saturated carbocycles. The molecule has 0 atom stereocenters. The zero-order valence-electron chi connectivity index (χ0n) is 2.05. The Hall–Kier alpha value is 0.670. The van der Waals surface area contributed by atoms with Crippen LogP contribution in [0.5, 0.6) is 0 Å². The van der Waals surface area contributed by atoms with E-state index in [1.807, 2.05) is 0 Å². The zero-order valence-corrected chi connectivity index (χ0v) is 4.52. The maximum atomic E-state index is 9.26. The highest BCUT2D eigenvalue weighted by molar-refractivity contribution is 8.50. The van der Waals surface area contributed by atoms with Gasteiger partial charge in [-0.1, -0.05) is 0 Å². The largest absolute Gasteiger partial charge is 0.259 e. The van der Waals surface area contributed by atoms with Gasteiger partial charge in [0.1, 0.15) is 8.44 Å². The summed E-state index contributed by atoms with van der Waals surface area (Å²) in [6.07, 6.45) is 0. The normalized spacial score (nSPS) is 11.6. The van der Waals surface area contributed by atoms with E-state index in [-0.39, 0.29) is 0 Å². The van der Waals surface area contributed by atoms with Gasteiger partial charge >= 0.3 is 0 Å². The molecule has 0 unspecified atom stereocenters. The molecule has 2 nitrogen and oxygen atoms in total. The predicted molar refractivity (Wildman–Crippen MR) is 21.7 cm³/mol. The Labute approximate surface area is 36.9 Å². The molecule has 0 aromatic rings. The smallest absolute Gasteiger partial charge is 0.207 e. The molecule has 0 saturated heterocycles. The Balaban J connectivity index is 4.06. The van der Waals surface area contributed by atoms with E-state index in [9.17, 15) is 8.42 Å². The number of hydrogen-bond donors (Lipinski definition) is 0. The van der Waals surface area contributed by atoms with E-state index in [2.05, 4.69) is 19.1 Å². The Kier molecular flexibility index (Phi) is 1.60. The van der Waals surface area contributed by atoms with Crippen LogP contribution in [0.3, 0.4) is 0 Å². The van der Waals surface area contributed by atoms with Crippen molar-refractivity contribution in [1.82, 2.24) is 0 Å². The first-order chi connectivity index (χ1) is 2.00. The van der Waals surface area contributed by atoms with Gasteiger partial charge in [-0.05, 0) is 0 Å². The highest BCUT2D eigenvalue weighted by Gasteiger charge is 1.86. The molecule has 0 aromatic heterocycles. The van der Waals surface area contributed by atoms with E-state index in [1.165, 1.54) is 0 Å². The second-order valence-corrected chi connectivity index (χ2v) is 4.54. The predicted octanol–water partition coefficient (Wildman–Crippen LogP) is 0.881. The van der Waals surface area contributed by atoms with E-state index >= 15 is 0 Å². The molecule has 0 aromatic carbocycles. The second-order valence-electron chi connectivity index (χ2n) is 0.412. The van der Waals surface area contributed by atoms with Crippen LogP contribution < -0.4 is 0 Å². The third kappa shape index (κ3) is 74.2. The fourth-order valence-corrected chi connectivity index (χ4v) is 0. The summed E-state index contributed by atoms with van der Waals surface area (Å²) in [7, 11) is 3.73. The fourth-order valence-electron chi connectivity index (χ4n) is 0. The van der Waals surface area contributed by atoms with Crippen LogP contribution in [-0.4, -0.2) is 8.42 Å². The van der Waals surface area contributed by atoms with E-state index in [1.54, 1.807) is 0 Å². The van der Waals surface area contributed by atoms with Crippen molar-refractivity contribution < 1.29 is 8.42 Å².